The number of rotatable bonds is 5. The second kappa shape index (κ2) is 9.43. The minimum Gasteiger partial charge on any atom is -0.497 e. The van der Waals surface area contributed by atoms with Crippen LogP contribution in [0.15, 0.2) is 71.7 Å². The van der Waals surface area contributed by atoms with Gasteiger partial charge >= 0.3 is 0 Å². The van der Waals surface area contributed by atoms with Crippen LogP contribution in [0.1, 0.15) is 23.6 Å². The number of anilines is 2. The number of amides is 1. The van der Waals surface area contributed by atoms with Gasteiger partial charge < -0.3 is 19.9 Å². The lowest BCUT2D eigenvalue weighted by atomic mass is 9.82. The van der Waals surface area contributed by atoms with E-state index in [1.165, 1.54) is 18.7 Å². The number of ether oxygens (including phenoxy) is 1. The van der Waals surface area contributed by atoms with E-state index in [2.05, 4.69) is 69.7 Å². The molecular formula is C27H30N4O2S. The molecule has 1 N–H and O–H groups in total. The topological polar surface area (TPSA) is 57.2 Å². The highest BCUT2D eigenvalue weighted by Crippen LogP contribution is 2.55. The molecule has 0 aliphatic carbocycles. The van der Waals surface area contributed by atoms with Gasteiger partial charge in [-0.3, -0.25) is 4.79 Å². The maximum atomic E-state index is 12.0. The van der Waals surface area contributed by atoms with Gasteiger partial charge in [-0.05, 0) is 53.6 Å². The fourth-order valence-corrected chi connectivity index (χ4v) is 5.55. The lowest BCUT2D eigenvalue weighted by Crippen LogP contribution is -2.36. The minimum atomic E-state index is -0.640. The summed E-state index contributed by atoms with van der Waals surface area (Å²) >= 11 is 1.54. The van der Waals surface area contributed by atoms with Crippen molar-refractivity contribution in [1.82, 2.24) is 5.32 Å². The van der Waals surface area contributed by atoms with E-state index in [1.807, 2.05) is 40.3 Å². The molecule has 6 nitrogen and oxygen atoms in total. The highest BCUT2D eigenvalue weighted by molar-refractivity contribution is 8.15. The Balaban J connectivity index is 2.01. The molecule has 3 aromatic carbocycles. The number of nitrogens with one attached hydrogen (secondary N) is 1. The molecule has 0 aromatic heterocycles. The van der Waals surface area contributed by atoms with E-state index in [-0.39, 0.29) is 5.91 Å². The molecule has 3 aromatic rings. The first-order chi connectivity index (χ1) is 16.2. The second-order valence-corrected chi connectivity index (χ2v) is 9.85. The largest absolute Gasteiger partial charge is 0.497 e. The van der Waals surface area contributed by atoms with E-state index in [1.54, 1.807) is 7.11 Å². The maximum absolute atomic E-state index is 12.0. The minimum absolute atomic E-state index is 0.150. The number of aliphatic imine (C=N–C) groups is 1. The SMILES string of the molecule is COc1ccc2c(c1)C(c1ccc(N(C)C)cc1)(c1ccc(N(C)C)cc1)SC(NC(C)=O)=N2. The Labute approximate surface area is 205 Å². The summed E-state index contributed by atoms with van der Waals surface area (Å²) in [6.45, 7) is 1.51. The van der Waals surface area contributed by atoms with Crippen LogP contribution in [0.4, 0.5) is 17.1 Å². The van der Waals surface area contributed by atoms with Gasteiger partial charge in [0.25, 0.3) is 0 Å². The number of benzene rings is 3. The summed E-state index contributed by atoms with van der Waals surface area (Å²) in [4.78, 5) is 20.9. The van der Waals surface area contributed by atoms with Crippen LogP contribution in [0, 0.1) is 0 Å². The lowest BCUT2D eigenvalue weighted by molar-refractivity contribution is -0.117. The molecule has 0 fully saturated rings. The summed E-state index contributed by atoms with van der Waals surface area (Å²) in [5, 5.41) is 3.50. The molecule has 0 unspecified atom stereocenters. The first kappa shape index (κ1) is 23.7. The van der Waals surface area contributed by atoms with Crippen LogP contribution >= 0.6 is 11.8 Å². The molecule has 7 heteroatoms. The number of methoxy groups -OCH3 is 1. The molecule has 0 atom stereocenters. The summed E-state index contributed by atoms with van der Waals surface area (Å²) in [5.41, 5.74) is 6.23. The lowest BCUT2D eigenvalue weighted by Gasteiger charge is -2.39. The Kier molecular flexibility index (Phi) is 6.57. The van der Waals surface area contributed by atoms with Crippen molar-refractivity contribution in [1.29, 1.82) is 0 Å². The molecular weight excluding hydrogens is 444 g/mol. The number of hydrogen-bond donors (Lipinski definition) is 1. The fraction of sp³-hybridized carbons (Fsp3) is 0.259. The van der Waals surface area contributed by atoms with Crippen molar-refractivity contribution < 1.29 is 9.53 Å². The van der Waals surface area contributed by atoms with Gasteiger partial charge in [-0.15, -0.1) is 0 Å². The van der Waals surface area contributed by atoms with Crippen LogP contribution in [0.2, 0.25) is 0 Å². The monoisotopic (exact) mass is 474 g/mol. The fourth-order valence-electron chi connectivity index (χ4n) is 4.14. The summed E-state index contributed by atoms with van der Waals surface area (Å²) in [5.74, 6) is 0.611. The van der Waals surface area contributed by atoms with Crippen LogP contribution in [0.25, 0.3) is 0 Å². The predicted molar refractivity (Wildman–Crippen MR) is 143 cm³/mol. The van der Waals surface area contributed by atoms with Gasteiger partial charge in [-0.1, -0.05) is 36.0 Å². The third kappa shape index (κ3) is 4.35. The zero-order chi connectivity index (χ0) is 24.5. The van der Waals surface area contributed by atoms with Crippen molar-refractivity contribution in [2.45, 2.75) is 11.7 Å². The number of fused-ring (bicyclic) bond motifs is 1. The third-order valence-electron chi connectivity index (χ3n) is 5.92. The van der Waals surface area contributed by atoms with Crippen LogP contribution in [-0.4, -0.2) is 46.4 Å². The van der Waals surface area contributed by atoms with E-state index >= 15 is 0 Å². The predicted octanol–water partition coefficient (Wildman–Crippen LogP) is 4.99. The highest BCUT2D eigenvalue weighted by atomic mass is 32.2. The van der Waals surface area contributed by atoms with Crippen molar-refractivity contribution in [3.05, 3.63) is 83.4 Å². The number of amidine groups is 1. The third-order valence-corrected chi connectivity index (χ3v) is 7.30. The van der Waals surface area contributed by atoms with Crippen LogP contribution < -0.4 is 19.9 Å². The summed E-state index contributed by atoms with van der Waals surface area (Å²) < 4.78 is 4.96. The quantitative estimate of drug-likeness (QED) is 0.565. The number of carbonyl (C=O) groups is 1. The molecule has 0 saturated heterocycles. The summed E-state index contributed by atoms with van der Waals surface area (Å²) in [7, 11) is 9.79. The zero-order valence-corrected chi connectivity index (χ0v) is 21.2. The van der Waals surface area contributed by atoms with Crippen LogP contribution in [0.3, 0.4) is 0 Å². The first-order valence-corrected chi connectivity index (χ1v) is 11.9. The number of carbonyl (C=O) groups excluding carboxylic acids is 1. The Morgan fingerprint density at radius 1 is 0.882 bits per heavy atom. The van der Waals surface area contributed by atoms with E-state index < -0.39 is 4.75 Å². The molecule has 0 bridgehead atoms. The van der Waals surface area contributed by atoms with E-state index in [0.29, 0.717) is 5.17 Å². The van der Waals surface area contributed by atoms with Crippen molar-refractivity contribution in [2.24, 2.45) is 4.99 Å². The Morgan fingerprint density at radius 2 is 1.41 bits per heavy atom. The van der Waals surface area contributed by atoms with E-state index in [9.17, 15) is 4.79 Å². The molecule has 0 radical (unpaired) electrons. The van der Waals surface area contributed by atoms with Crippen molar-refractivity contribution in [3.8, 4) is 5.75 Å². The molecule has 34 heavy (non-hydrogen) atoms. The number of nitrogens with zero attached hydrogens (tertiary/aromatic N) is 3. The molecule has 1 aliphatic heterocycles. The molecule has 1 heterocycles. The van der Waals surface area contributed by atoms with Crippen LogP contribution in [-0.2, 0) is 9.54 Å². The normalized spacial score (nSPS) is 14.0. The number of thioether (sulfide) groups is 1. The summed E-state index contributed by atoms with van der Waals surface area (Å²) in [6.07, 6.45) is 0. The highest BCUT2D eigenvalue weighted by Gasteiger charge is 2.43. The van der Waals surface area contributed by atoms with E-state index in [0.717, 1.165) is 39.5 Å². The molecule has 1 amide bonds. The molecule has 1 aliphatic rings. The van der Waals surface area contributed by atoms with Crippen molar-refractivity contribution in [2.75, 3.05) is 45.1 Å². The second-order valence-electron chi connectivity index (χ2n) is 8.65. The first-order valence-electron chi connectivity index (χ1n) is 11.0. The molecule has 0 spiro atoms. The summed E-state index contributed by atoms with van der Waals surface area (Å²) in [6, 6.07) is 23.0. The molecule has 176 valence electrons. The smallest absolute Gasteiger partial charge is 0.222 e. The van der Waals surface area contributed by atoms with Gasteiger partial charge in [0.2, 0.25) is 5.91 Å². The van der Waals surface area contributed by atoms with Gasteiger partial charge in [-0.2, -0.15) is 0 Å². The average molecular weight is 475 g/mol. The van der Waals surface area contributed by atoms with Gasteiger partial charge in [0.05, 0.1) is 12.8 Å². The van der Waals surface area contributed by atoms with E-state index in [4.69, 9.17) is 9.73 Å². The van der Waals surface area contributed by atoms with Gasteiger partial charge in [0.15, 0.2) is 5.17 Å². The number of hydrogen-bond acceptors (Lipinski definition) is 6. The molecule has 4 rings (SSSR count). The zero-order valence-electron chi connectivity index (χ0n) is 20.4. The average Bonchev–Trinajstić information content (AvgIpc) is 2.83. The van der Waals surface area contributed by atoms with Crippen molar-refractivity contribution in [3.63, 3.8) is 0 Å². The van der Waals surface area contributed by atoms with Crippen LogP contribution in [0.5, 0.6) is 5.75 Å². The Hall–Kier alpha value is -3.45. The Bertz CT molecular complexity index is 1170. The van der Waals surface area contributed by atoms with Gasteiger partial charge in [0.1, 0.15) is 10.5 Å². The standard InChI is InChI=1S/C27H30N4O2S/c1-18(32)28-26-29-25-16-15-23(33-6)17-24(25)27(34-26,19-7-11-21(12-8-19)30(2)3)20-9-13-22(14-10-20)31(4)5/h7-17H,1-6H3,(H,28,29,32). The maximum Gasteiger partial charge on any atom is 0.222 e. The van der Waals surface area contributed by atoms with Gasteiger partial charge in [-0.25, -0.2) is 4.99 Å². The Morgan fingerprint density at radius 3 is 1.85 bits per heavy atom. The van der Waals surface area contributed by atoms with Crippen molar-refractivity contribution >= 4 is 39.9 Å². The van der Waals surface area contributed by atoms with Gasteiger partial charge in [0, 0.05) is 52.1 Å². The molecule has 0 saturated carbocycles.